The number of hydrogen-bond acceptors (Lipinski definition) is 10. The maximum absolute atomic E-state index is 13.4. The van der Waals surface area contributed by atoms with Crippen LogP contribution in [-0.4, -0.2) is 103 Å². The number of Topliss-reactive ketones (excluding diaryl/α,β-unsaturated/α-hetero) is 1. The van der Waals surface area contributed by atoms with Crippen molar-refractivity contribution in [1.82, 2.24) is 0 Å². The fourth-order valence-electron chi connectivity index (χ4n) is 12.9. The summed E-state index contributed by atoms with van der Waals surface area (Å²) in [5.74, 6) is 1.01. The standard InChI is InChI=1S/C36H60O10/c1-18(14-20(38)29(43)32(4,5)44)19-8-13-36-17-35(19,36)12-9-22-33(6)11-10-24(39)31(2,3)23(33)15-25(34(22,36)7)46-30-28(42)27(41)26(40)21(16-37)45-30/h18-23,25-30,37-38,40-44H,8-17H2,1-7H3/t18-,19?,20?,21?,22?,23?,25?,26?,27?,28?,29?,30?,33-,34+,35?,36?/m1/s1. The molecule has 6 aliphatic rings. The third-order valence-electron chi connectivity index (χ3n) is 15.4. The first kappa shape index (κ1) is 35.1. The summed E-state index contributed by atoms with van der Waals surface area (Å²) in [5.41, 5.74) is -2.41. The molecule has 16 atom stereocenters. The molecular weight excluding hydrogens is 592 g/mol. The fourth-order valence-corrected chi connectivity index (χ4v) is 12.9. The van der Waals surface area contributed by atoms with Crippen LogP contribution in [0.15, 0.2) is 0 Å². The second kappa shape index (κ2) is 11.2. The number of hydrogen-bond donors (Lipinski definition) is 7. The normalized spacial score (nSPS) is 51.7. The molecule has 1 heterocycles. The van der Waals surface area contributed by atoms with E-state index in [1.807, 2.05) is 0 Å². The molecule has 0 aromatic rings. The second-order valence-corrected chi connectivity index (χ2v) is 18.1. The Bertz CT molecular complexity index is 1180. The molecule has 46 heavy (non-hydrogen) atoms. The van der Waals surface area contributed by atoms with E-state index in [1.54, 1.807) is 0 Å². The van der Waals surface area contributed by atoms with Crippen LogP contribution in [0.25, 0.3) is 0 Å². The maximum Gasteiger partial charge on any atom is 0.186 e. The van der Waals surface area contributed by atoms with Crippen molar-refractivity contribution in [2.75, 3.05) is 6.61 Å². The Morgan fingerprint density at radius 2 is 1.65 bits per heavy atom. The van der Waals surface area contributed by atoms with Crippen molar-refractivity contribution in [2.24, 2.45) is 50.7 Å². The van der Waals surface area contributed by atoms with E-state index in [0.717, 1.165) is 38.5 Å². The average molecular weight is 653 g/mol. The van der Waals surface area contributed by atoms with Crippen molar-refractivity contribution in [1.29, 1.82) is 0 Å². The summed E-state index contributed by atoms with van der Waals surface area (Å²) in [6, 6.07) is 0. The highest BCUT2D eigenvalue weighted by atomic mass is 16.7. The first-order chi connectivity index (χ1) is 21.2. The van der Waals surface area contributed by atoms with E-state index in [2.05, 4.69) is 34.6 Å². The number of carbonyl (C=O) groups is 1. The summed E-state index contributed by atoms with van der Waals surface area (Å²) in [6.07, 6.45) is -2.06. The van der Waals surface area contributed by atoms with Crippen LogP contribution >= 0.6 is 0 Å². The van der Waals surface area contributed by atoms with Crippen LogP contribution in [0, 0.1) is 50.7 Å². The lowest BCUT2D eigenvalue weighted by Crippen LogP contribution is -2.68. The van der Waals surface area contributed by atoms with Gasteiger partial charge >= 0.3 is 0 Å². The Labute approximate surface area is 273 Å². The molecule has 0 bridgehead atoms. The van der Waals surface area contributed by atoms with Crippen molar-refractivity contribution >= 4 is 5.78 Å². The summed E-state index contributed by atoms with van der Waals surface area (Å²) < 4.78 is 12.8. The lowest BCUT2D eigenvalue weighted by Gasteiger charge is -2.68. The molecule has 10 heteroatoms. The van der Waals surface area contributed by atoms with Crippen LogP contribution in [0.4, 0.5) is 0 Å². The van der Waals surface area contributed by atoms with Crippen molar-refractivity contribution in [2.45, 2.75) is 161 Å². The monoisotopic (exact) mass is 652 g/mol. The van der Waals surface area contributed by atoms with E-state index < -0.39 is 66.6 Å². The van der Waals surface area contributed by atoms with E-state index in [4.69, 9.17) is 9.47 Å². The number of aliphatic hydroxyl groups excluding tert-OH is 6. The Balaban J connectivity index is 1.36. The largest absolute Gasteiger partial charge is 0.394 e. The lowest BCUT2D eigenvalue weighted by atomic mass is 9.37. The molecule has 0 aromatic carbocycles. The number of ether oxygens (including phenoxy) is 2. The highest BCUT2D eigenvalue weighted by Crippen LogP contribution is 2.91. The maximum atomic E-state index is 13.4. The van der Waals surface area contributed by atoms with Gasteiger partial charge in [0.25, 0.3) is 0 Å². The second-order valence-electron chi connectivity index (χ2n) is 18.1. The van der Waals surface area contributed by atoms with Gasteiger partial charge in [0.15, 0.2) is 6.29 Å². The topological polar surface area (TPSA) is 177 Å². The zero-order valence-electron chi connectivity index (χ0n) is 28.9. The summed E-state index contributed by atoms with van der Waals surface area (Å²) in [7, 11) is 0. The number of fused-ring (bicyclic) bond motifs is 3. The summed E-state index contributed by atoms with van der Waals surface area (Å²) >= 11 is 0. The first-order valence-corrected chi connectivity index (χ1v) is 17.8. The molecule has 0 radical (unpaired) electrons. The first-order valence-electron chi connectivity index (χ1n) is 17.8. The van der Waals surface area contributed by atoms with Gasteiger partial charge in [0, 0.05) is 17.3 Å². The minimum atomic E-state index is -1.53. The summed E-state index contributed by atoms with van der Waals surface area (Å²) in [4.78, 5) is 13.4. The van der Waals surface area contributed by atoms with Gasteiger partial charge in [-0.05, 0) is 105 Å². The molecule has 10 nitrogen and oxygen atoms in total. The van der Waals surface area contributed by atoms with Crippen molar-refractivity contribution in [3.05, 3.63) is 0 Å². The zero-order valence-corrected chi connectivity index (χ0v) is 28.9. The minimum Gasteiger partial charge on any atom is -0.394 e. The van der Waals surface area contributed by atoms with E-state index in [-0.39, 0.29) is 45.2 Å². The SMILES string of the molecule is C[C@H](CC(O)C(O)C(C)(C)O)C1CCC23CC12CCC1[C@@]2(C)CCC(=O)C(C)(C)C2CC(OC2OC(CO)C(O)C(O)C2O)[C@]13C. The Morgan fingerprint density at radius 1 is 0.978 bits per heavy atom. The Hall–Kier alpha value is -0.690. The van der Waals surface area contributed by atoms with Crippen molar-refractivity contribution in [3.8, 4) is 0 Å². The molecule has 5 aliphatic carbocycles. The Kier molecular flexibility index (Phi) is 8.52. The van der Waals surface area contributed by atoms with Crippen molar-refractivity contribution < 1.29 is 50.0 Å². The lowest BCUT2D eigenvalue weighted by molar-refractivity contribution is -0.341. The quantitative estimate of drug-likeness (QED) is 0.193. The smallest absolute Gasteiger partial charge is 0.186 e. The third kappa shape index (κ3) is 4.64. The molecule has 0 amide bonds. The van der Waals surface area contributed by atoms with E-state index in [0.29, 0.717) is 25.2 Å². The van der Waals surface area contributed by atoms with Crippen LogP contribution in [0.3, 0.4) is 0 Å². The molecular formula is C36H60O10. The van der Waals surface area contributed by atoms with Gasteiger partial charge in [0.2, 0.25) is 0 Å². The molecule has 264 valence electrons. The highest BCUT2D eigenvalue weighted by Gasteiger charge is 2.85. The fraction of sp³-hybridized carbons (Fsp3) is 0.972. The van der Waals surface area contributed by atoms with E-state index in [1.165, 1.54) is 13.8 Å². The minimum absolute atomic E-state index is 0.0390. The molecule has 5 saturated carbocycles. The van der Waals surface area contributed by atoms with Gasteiger partial charge in [-0.2, -0.15) is 0 Å². The molecule has 7 N–H and O–H groups in total. The number of ketones is 1. The van der Waals surface area contributed by atoms with Crippen molar-refractivity contribution in [3.63, 3.8) is 0 Å². The van der Waals surface area contributed by atoms with Crippen LogP contribution in [0.1, 0.15) is 106 Å². The molecule has 6 rings (SSSR count). The molecule has 1 saturated heterocycles. The molecule has 1 aliphatic heterocycles. The van der Waals surface area contributed by atoms with Gasteiger partial charge in [-0.15, -0.1) is 0 Å². The summed E-state index contributed by atoms with van der Waals surface area (Å²) in [5, 5.41) is 73.9. The van der Waals surface area contributed by atoms with E-state index in [9.17, 15) is 40.5 Å². The Morgan fingerprint density at radius 3 is 2.28 bits per heavy atom. The number of aliphatic hydroxyl groups is 7. The molecule has 0 spiro atoms. The predicted octanol–water partition coefficient (Wildman–Crippen LogP) is 2.31. The molecule has 13 unspecified atom stereocenters. The van der Waals surface area contributed by atoms with Crippen LogP contribution in [0.5, 0.6) is 0 Å². The van der Waals surface area contributed by atoms with Gasteiger partial charge in [0.05, 0.1) is 24.4 Å². The zero-order chi connectivity index (χ0) is 34.0. The van der Waals surface area contributed by atoms with Gasteiger partial charge in [-0.3, -0.25) is 4.79 Å². The van der Waals surface area contributed by atoms with Crippen LogP contribution in [-0.2, 0) is 14.3 Å². The third-order valence-corrected chi connectivity index (χ3v) is 15.4. The highest BCUT2D eigenvalue weighted by molar-refractivity contribution is 5.85. The number of carbonyl (C=O) groups excluding carboxylic acids is 1. The van der Waals surface area contributed by atoms with E-state index >= 15 is 0 Å². The van der Waals surface area contributed by atoms with Gasteiger partial charge in [0.1, 0.15) is 36.3 Å². The molecule has 0 aromatic heterocycles. The van der Waals surface area contributed by atoms with Gasteiger partial charge in [-0.1, -0.05) is 34.6 Å². The average Bonchev–Trinajstić information content (AvgIpc) is 3.55. The molecule has 6 fully saturated rings. The number of rotatable bonds is 8. The summed E-state index contributed by atoms with van der Waals surface area (Å²) in [6.45, 7) is 13.5. The van der Waals surface area contributed by atoms with Crippen LogP contribution in [0.2, 0.25) is 0 Å². The van der Waals surface area contributed by atoms with Crippen LogP contribution < -0.4 is 0 Å². The van der Waals surface area contributed by atoms with Gasteiger partial charge < -0.3 is 45.2 Å². The van der Waals surface area contributed by atoms with Gasteiger partial charge in [-0.25, -0.2) is 0 Å². The predicted molar refractivity (Wildman–Crippen MR) is 168 cm³/mol.